The molecule has 0 saturated heterocycles. The van der Waals surface area contributed by atoms with E-state index in [1.807, 2.05) is 6.07 Å². The topological polar surface area (TPSA) is 64.2 Å². The van der Waals surface area contributed by atoms with Gasteiger partial charge in [-0.1, -0.05) is 18.2 Å². The summed E-state index contributed by atoms with van der Waals surface area (Å²) >= 11 is 5.47. The SMILES string of the molecule is N#Cc1ccccc1C(O)C(O)CCCl. The summed E-state index contributed by atoms with van der Waals surface area (Å²) in [7, 11) is 0. The van der Waals surface area contributed by atoms with E-state index in [0.717, 1.165) is 0 Å². The Morgan fingerprint density at radius 2 is 2.00 bits per heavy atom. The Kier molecular flexibility index (Phi) is 4.57. The molecule has 1 aromatic rings. The standard InChI is InChI=1S/C11H12ClNO2/c12-6-5-10(14)11(15)9-4-2-1-3-8(9)7-13/h1-4,10-11,14-15H,5-6H2. The van der Waals surface area contributed by atoms with Gasteiger partial charge >= 0.3 is 0 Å². The Bertz CT molecular complexity index is 362. The average Bonchev–Trinajstić information content (AvgIpc) is 2.28. The van der Waals surface area contributed by atoms with E-state index in [4.69, 9.17) is 16.9 Å². The van der Waals surface area contributed by atoms with E-state index in [1.165, 1.54) is 0 Å². The fourth-order valence-electron chi connectivity index (χ4n) is 1.33. The van der Waals surface area contributed by atoms with Gasteiger partial charge in [-0.15, -0.1) is 11.6 Å². The molecule has 0 heterocycles. The zero-order valence-electron chi connectivity index (χ0n) is 8.10. The normalized spacial score (nSPS) is 14.3. The third-order valence-corrected chi connectivity index (χ3v) is 2.39. The molecule has 0 aliphatic rings. The zero-order valence-corrected chi connectivity index (χ0v) is 8.85. The van der Waals surface area contributed by atoms with Crippen LogP contribution in [0.5, 0.6) is 0 Å². The van der Waals surface area contributed by atoms with Crippen molar-refractivity contribution in [2.24, 2.45) is 0 Å². The molecule has 0 saturated carbocycles. The smallest absolute Gasteiger partial charge is 0.106 e. The average molecular weight is 226 g/mol. The quantitative estimate of drug-likeness (QED) is 0.765. The minimum atomic E-state index is -1.06. The van der Waals surface area contributed by atoms with Gasteiger partial charge in [0.1, 0.15) is 6.10 Å². The van der Waals surface area contributed by atoms with E-state index in [9.17, 15) is 10.2 Å². The number of hydrogen-bond acceptors (Lipinski definition) is 3. The Balaban J connectivity index is 2.91. The van der Waals surface area contributed by atoms with Crippen molar-refractivity contribution in [1.82, 2.24) is 0 Å². The van der Waals surface area contributed by atoms with E-state index >= 15 is 0 Å². The lowest BCUT2D eigenvalue weighted by atomic mass is 9.98. The van der Waals surface area contributed by atoms with Gasteiger partial charge in [0.25, 0.3) is 0 Å². The van der Waals surface area contributed by atoms with Crippen LogP contribution in [-0.4, -0.2) is 22.2 Å². The highest BCUT2D eigenvalue weighted by atomic mass is 35.5. The molecule has 3 nitrogen and oxygen atoms in total. The summed E-state index contributed by atoms with van der Waals surface area (Å²) < 4.78 is 0. The summed E-state index contributed by atoms with van der Waals surface area (Å²) in [5.74, 6) is 0.271. The van der Waals surface area contributed by atoms with Crippen LogP contribution in [0.15, 0.2) is 24.3 Å². The highest BCUT2D eigenvalue weighted by Gasteiger charge is 2.20. The van der Waals surface area contributed by atoms with E-state index in [2.05, 4.69) is 0 Å². The number of rotatable bonds is 4. The van der Waals surface area contributed by atoms with Gasteiger partial charge in [-0.3, -0.25) is 0 Å². The molecule has 0 aromatic heterocycles. The molecule has 1 rings (SSSR count). The maximum absolute atomic E-state index is 9.77. The number of benzene rings is 1. The number of nitriles is 1. The van der Waals surface area contributed by atoms with Crippen LogP contribution in [0.25, 0.3) is 0 Å². The molecule has 0 amide bonds. The molecule has 0 aliphatic carbocycles. The van der Waals surface area contributed by atoms with Gasteiger partial charge in [0.05, 0.1) is 17.7 Å². The van der Waals surface area contributed by atoms with E-state index < -0.39 is 12.2 Å². The van der Waals surface area contributed by atoms with Crippen LogP contribution in [0.3, 0.4) is 0 Å². The molecule has 4 heteroatoms. The molecule has 2 N–H and O–H groups in total. The second-order valence-corrected chi connectivity index (χ2v) is 3.57. The molecule has 0 aliphatic heterocycles. The zero-order chi connectivity index (χ0) is 11.3. The second kappa shape index (κ2) is 5.72. The Morgan fingerprint density at radius 1 is 1.33 bits per heavy atom. The molecule has 0 spiro atoms. The second-order valence-electron chi connectivity index (χ2n) is 3.19. The minimum absolute atomic E-state index is 0.271. The minimum Gasteiger partial charge on any atom is -0.390 e. The number of alkyl halides is 1. The largest absolute Gasteiger partial charge is 0.390 e. The molecule has 0 bridgehead atoms. The van der Waals surface area contributed by atoms with Crippen LogP contribution in [0.2, 0.25) is 0 Å². The van der Waals surface area contributed by atoms with Gasteiger partial charge in [-0.05, 0) is 12.5 Å². The highest BCUT2D eigenvalue weighted by Crippen LogP contribution is 2.22. The summed E-state index contributed by atoms with van der Waals surface area (Å²) in [6.45, 7) is 0. The Morgan fingerprint density at radius 3 is 2.60 bits per heavy atom. The van der Waals surface area contributed by atoms with Gasteiger partial charge in [0, 0.05) is 11.4 Å². The van der Waals surface area contributed by atoms with Crippen molar-refractivity contribution < 1.29 is 10.2 Å². The predicted molar refractivity (Wildman–Crippen MR) is 57.5 cm³/mol. The first-order valence-electron chi connectivity index (χ1n) is 4.61. The van der Waals surface area contributed by atoms with Crippen molar-refractivity contribution >= 4 is 11.6 Å². The lowest BCUT2D eigenvalue weighted by molar-refractivity contribution is 0.0168. The summed E-state index contributed by atoms with van der Waals surface area (Å²) in [5, 5.41) is 28.1. The van der Waals surface area contributed by atoms with Gasteiger partial charge < -0.3 is 10.2 Å². The van der Waals surface area contributed by atoms with E-state index in [1.54, 1.807) is 24.3 Å². The summed E-state index contributed by atoms with van der Waals surface area (Å²) in [4.78, 5) is 0. The lowest BCUT2D eigenvalue weighted by Gasteiger charge is -2.17. The van der Waals surface area contributed by atoms with Crippen molar-refractivity contribution in [1.29, 1.82) is 5.26 Å². The van der Waals surface area contributed by atoms with Crippen molar-refractivity contribution in [3.8, 4) is 6.07 Å². The molecule has 2 atom stereocenters. The van der Waals surface area contributed by atoms with Crippen LogP contribution >= 0.6 is 11.6 Å². The Hall–Kier alpha value is -1.08. The van der Waals surface area contributed by atoms with Crippen molar-refractivity contribution in [2.45, 2.75) is 18.6 Å². The first-order chi connectivity index (χ1) is 7.20. The fourth-order valence-corrected chi connectivity index (χ4v) is 1.56. The number of nitrogens with zero attached hydrogens (tertiary/aromatic N) is 1. The van der Waals surface area contributed by atoms with Gasteiger partial charge in [-0.25, -0.2) is 0 Å². The molecule has 1 aromatic carbocycles. The molecule has 0 radical (unpaired) electrons. The third-order valence-electron chi connectivity index (χ3n) is 2.17. The van der Waals surface area contributed by atoms with Crippen LogP contribution in [-0.2, 0) is 0 Å². The third kappa shape index (κ3) is 2.93. The molecule has 0 fully saturated rings. The molecule has 15 heavy (non-hydrogen) atoms. The van der Waals surface area contributed by atoms with Crippen LogP contribution in [0, 0.1) is 11.3 Å². The molecular weight excluding hydrogens is 214 g/mol. The van der Waals surface area contributed by atoms with Crippen molar-refractivity contribution in [2.75, 3.05) is 5.88 Å². The maximum Gasteiger partial charge on any atom is 0.106 e. The van der Waals surface area contributed by atoms with Crippen LogP contribution in [0.4, 0.5) is 0 Å². The number of aliphatic hydroxyl groups is 2. The van der Waals surface area contributed by atoms with E-state index in [0.29, 0.717) is 17.5 Å². The first-order valence-corrected chi connectivity index (χ1v) is 5.15. The Labute approximate surface area is 93.5 Å². The maximum atomic E-state index is 9.77. The number of hydrogen-bond donors (Lipinski definition) is 2. The lowest BCUT2D eigenvalue weighted by Crippen LogP contribution is -2.19. The highest BCUT2D eigenvalue weighted by molar-refractivity contribution is 6.17. The number of aliphatic hydroxyl groups excluding tert-OH is 2. The number of halogens is 1. The summed E-state index contributed by atoms with van der Waals surface area (Å²) in [6.07, 6.45) is -1.70. The molecule has 80 valence electrons. The fraction of sp³-hybridized carbons (Fsp3) is 0.364. The summed E-state index contributed by atoms with van der Waals surface area (Å²) in [6, 6.07) is 8.62. The molecule has 2 unspecified atom stereocenters. The van der Waals surface area contributed by atoms with Gasteiger partial charge in [0.15, 0.2) is 0 Å². The van der Waals surface area contributed by atoms with E-state index in [-0.39, 0.29) is 5.88 Å². The summed E-state index contributed by atoms with van der Waals surface area (Å²) in [5.41, 5.74) is 0.816. The molecular formula is C11H12ClNO2. The first kappa shape index (κ1) is 12.0. The predicted octanol–water partition coefficient (Wildman–Crippen LogP) is 1.58. The van der Waals surface area contributed by atoms with Gasteiger partial charge in [0.2, 0.25) is 0 Å². The van der Waals surface area contributed by atoms with Crippen LogP contribution < -0.4 is 0 Å². The monoisotopic (exact) mass is 225 g/mol. The van der Waals surface area contributed by atoms with Gasteiger partial charge in [-0.2, -0.15) is 5.26 Å². The van der Waals surface area contributed by atoms with Crippen molar-refractivity contribution in [3.63, 3.8) is 0 Å². The van der Waals surface area contributed by atoms with Crippen molar-refractivity contribution in [3.05, 3.63) is 35.4 Å². The van der Waals surface area contributed by atoms with Crippen LogP contribution in [0.1, 0.15) is 23.7 Å².